The fraction of sp³-hybridized carbons (Fsp3) is 0.636. The highest BCUT2D eigenvalue weighted by Crippen LogP contribution is 2.45. The minimum atomic E-state index is -0.336. The van der Waals surface area contributed by atoms with Gasteiger partial charge in [0.2, 0.25) is 0 Å². The van der Waals surface area contributed by atoms with Crippen molar-refractivity contribution in [3.05, 3.63) is 12.7 Å². The number of carbonyl (C=O) groups excluding carboxylic acids is 2. The molecule has 2 bridgehead atoms. The smallest absolute Gasteiger partial charge is 0.142 e. The van der Waals surface area contributed by atoms with Crippen LogP contribution in [-0.4, -0.2) is 11.6 Å². The van der Waals surface area contributed by atoms with Gasteiger partial charge in [-0.05, 0) is 19.3 Å². The van der Waals surface area contributed by atoms with Crippen LogP contribution in [0.1, 0.15) is 32.1 Å². The van der Waals surface area contributed by atoms with Crippen LogP contribution < -0.4 is 0 Å². The SMILES string of the molecule is C=CC12CCC(=O)C(CCC1=O)C2. The molecule has 0 aromatic heterocycles. The standard InChI is InChI=1S/C11H14O2/c1-2-11-6-5-9(12)8(7-11)3-4-10(11)13/h2,8H,1,3-7H2. The van der Waals surface area contributed by atoms with E-state index < -0.39 is 0 Å². The summed E-state index contributed by atoms with van der Waals surface area (Å²) in [5, 5.41) is 0. The van der Waals surface area contributed by atoms with E-state index in [4.69, 9.17) is 0 Å². The van der Waals surface area contributed by atoms with Gasteiger partial charge in [-0.15, -0.1) is 6.58 Å². The van der Waals surface area contributed by atoms with Gasteiger partial charge in [0.05, 0.1) is 0 Å². The van der Waals surface area contributed by atoms with Gasteiger partial charge >= 0.3 is 0 Å². The van der Waals surface area contributed by atoms with Crippen LogP contribution in [0.15, 0.2) is 12.7 Å². The van der Waals surface area contributed by atoms with E-state index in [0.717, 1.165) is 12.8 Å². The van der Waals surface area contributed by atoms with Crippen LogP contribution in [0.4, 0.5) is 0 Å². The number of allylic oxidation sites excluding steroid dienone is 1. The van der Waals surface area contributed by atoms with Crippen LogP contribution in [-0.2, 0) is 9.59 Å². The fourth-order valence-electron chi connectivity index (χ4n) is 2.58. The third kappa shape index (κ3) is 1.16. The molecule has 2 unspecified atom stereocenters. The summed E-state index contributed by atoms with van der Waals surface area (Å²) in [6.07, 6.45) is 5.12. The molecule has 2 heteroatoms. The lowest BCUT2D eigenvalue weighted by Crippen LogP contribution is -2.42. The Balaban J connectivity index is 2.30. The van der Waals surface area contributed by atoms with E-state index in [2.05, 4.69) is 6.58 Å². The Hall–Kier alpha value is -0.920. The predicted octanol–water partition coefficient (Wildman–Crippen LogP) is 1.89. The molecule has 2 atom stereocenters. The first kappa shape index (κ1) is 8.67. The van der Waals surface area contributed by atoms with Gasteiger partial charge < -0.3 is 0 Å². The lowest BCUT2D eigenvalue weighted by molar-refractivity contribution is -0.138. The molecule has 13 heavy (non-hydrogen) atoms. The van der Waals surface area contributed by atoms with Crippen molar-refractivity contribution in [3.8, 4) is 0 Å². The molecule has 0 saturated heterocycles. The Kier molecular flexibility index (Phi) is 1.86. The van der Waals surface area contributed by atoms with E-state index >= 15 is 0 Å². The summed E-state index contributed by atoms with van der Waals surface area (Å²) >= 11 is 0. The second-order valence-corrected chi connectivity index (χ2v) is 4.19. The number of rotatable bonds is 1. The van der Waals surface area contributed by atoms with E-state index in [0.29, 0.717) is 30.8 Å². The first-order valence-corrected chi connectivity index (χ1v) is 4.87. The molecule has 0 aliphatic heterocycles. The molecule has 0 aromatic carbocycles. The van der Waals surface area contributed by atoms with Crippen LogP contribution in [0, 0.1) is 11.3 Å². The topological polar surface area (TPSA) is 34.1 Å². The molecule has 2 aliphatic carbocycles. The predicted molar refractivity (Wildman–Crippen MR) is 49.2 cm³/mol. The Morgan fingerprint density at radius 3 is 2.85 bits per heavy atom. The number of fused-ring (bicyclic) bond motifs is 2. The number of hydrogen-bond acceptors (Lipinski definition) is 2. The largest absolute Gasteiger partial charge is 0.299 e. The summed E-state index contributed by atoms with van der Waals surface area (Å²) < 4.78 is 0. The second kappa shape index (κ2) is 2.79. The molecule has 2 nitrogen and oxygen atoms in total. The molecule has 2 fully saturated rings. The minimum absolute atomic E-state index is 0.143. The molecule has 2 saturated carbocycles. The third-order valence-electron chi connectivity index (χ3n) is 3.55. The molecule has 2 rings (SSSR count). The number of hydrogen-bond donors (Lipinski definition) is 0. The number of ketones is 2. The average Bonchev–Trinajstić information content (AvgIpc) is 2.16. The van der Waals surface area contributed by atoms with Crippen LogP contribution in [0.3, 0.4) is 0 Å². The average molecular weight is 178 g/mol. The van der Waals surface area contributed by atoms with Crippen molar-refractivity contribution < 1.29 is 9.59 Å². The lowest BCUT2D eigenvalue weighted by Gasteiger charge is -2.40. The molecule has 0 spiro atoms. The van der Waals surface area contributed by atoms with E-state index in [9.17, 15) is 9.59 Å². The van der Waals surface area contributed by atoms with E-state index in [1.54, 1.807) is 6.08 Å². The summed E-state index contributed by atoms with van der Waals surface area (Å²) in [5.41, 5.74) is -0.336. The third-order valence-corrected chi connectivity index (χ3v) is 3.55. The molecule has 0 amide bonds. The van der Waals surface area contributed by atoms with E-state index in [1.807, 2.05) is 0 Å². The molecule has 0 radical (unpaired) electrons. The molecule has 2 aliphatic rings. The summed E-state index contributed by atoms with van der Waals surface area (Å²) in [5.74, 6) is 0.792. The zero-order chi connectivity index (χ0) is 9.47. The Labute approximate surface area is 78.0 Å². The Bertz CT molecular complexity index is 280. The normalized spacial score (nSPS) is 38.9. The molecule has 0 aromatic rings. The Morgan fingerprint density at radius 1 is 1.38 bits per heavy atom. The Morgan fingerprint density at radius 2 is 2.15 bits per heavy atom. The zero-order valence-electron chi connectivity index (χ0n) is 7.71. The van der Waals surface area contributed by atoms with Gasteiger partial charge in [0, 0.05) is 24.2 Å². The molecule has 0 heterocycles. The summed E-state index contributed by atoms with van der Waals surface area (Å²) in [7, 11) is 0. The van der Waals surface area contributed by atoms with Crippen molar-refractivity contribution in [2.75, 3.05) is 0 Å². The maximum Gasteiger partial charge on any atom is 0.142 e. The quantitative estimate of drug-likeness (QED) is 0.574. The van der Waals surface area contributed by atoms with E-state index in [-0.39, 0.29) is 11.3 Å². The van der Waals surface area contributed by atoms with Gasteiger partial charge in [0.25, 0.3) is 0 Å². The molecular formula is C11H14O2. The number of Topliss-reactive ketones (excluding diaryl/α,β-unsaturated/α-hetero) is 2. The maximum atomic E-state index is 11.7. The van der Waals surface area contributed by atoms with Crippen molar-refractivity contribution >= 4 is 11.6 Å². The lowest BCUT2D eigenvalue weighted by atomic mass is 9.61. The van der Waals surface area contributed by atoms with Gasteiger partial charge in [0.1, 0.15) is 11.6 Å². The summed E-state index contributed by atoms with van der Waals surface area (Å²) in [4.78, 5) is 23.1. The van der Waals surface area contributed by atoms with Crippen molar-refractivity contribution in [2.45, 2.75) is 32.1 Å². The highest BCUT2D eigenvalue weighted by atomic mass is 16.1. The van der Waals surface area contributed by atoms with Gasteiger partial charge in [-0.25, -0.2) is 0 Å². The monoisotopic (exact) mass is 178 g/mol. The first-order chi connectivity index (χ1) is 6.18. The highest BCUT2D eigenvalue weighted by Gasteiger charge is 2.46. The van der Waals surface area contributed by atoms with Crippen molar-refractivity contribution in [1.29, 1.82) is 0 Å². The van der Waals surface area contributed by atoms with Gasteiger partial charge in [0.15, 0.2) is 0 Å². The second-order valence-electron chi connectivity index (χ2n) is 4.19. The van der Waals surface area contributed by atoms with Crippen molar-refractivity contribution in [2.24, 2.45) is 11.3 Å². The highest BCUT2D eigenvalue weighted by molar-refractivity contribution is 5.93. The van der Waals surface area contributed by atoms with Crippen LogP contribution in [0.2, 0.25) is 0 Å². The van der Waals surface area contributed by atoms with Crippen molar-refractivity contribution in [1.82, 2.24) is 0 Å². The molecule has 0 N–H and O–H groups in total. The van der Waals surface area contributed by atoms with Crippen LogP contribution in [0.25, 0.3) is 0 Å². The minimum Gasteiger partial charge on any atom is -0.299 e. The van der Waals surface area contributed by atoms with Gasteiger partial charge in [-0.2, -0.15) is 0 Å². The van der Waals surface area contributed by atoms with Gasteiger partial charge in [-0.1, -0.05) is 6.08 Å². The zero-order valence-corrected chi connectivity index (χ0v) is 7.71. The van der Waals surface area contributed by atoms with Crippen LogP contribution in [0.5, 0.6) is 0 Å². The number of carbonyl (C=O) groups is 2. The molecular weight excluding hydrogens is 164 g/mol. The summed E-state index contributed by atoms with van der Waals surface area (Å²) in [6.45, 7) is 3.74. The maximum absolute atomic E-state index is 11.7. The van der Waals surface area contributed by atoms with Crippen LogP contribution >= 0.6 is 0 Å². The van der Waals surface area contributed by atoms with E-state index in [1.165, 1.54) is 0 Å². The molecule has 70 valence electrons. The van der Waals surface area contributed by atoms with Gasteiger partial charge in [-0.3, -0.25) is 9.59 Å². The summed E-state index contributed by atoms with van der Waals surface area (Å²) in [6, 6.07) is 0. The first-order valence-electron chi connectivity index (χ1n) is 4.87. The fourth-order valence-corrected chi connectivity index (χ4v) is 2.58. The van der Waals surface area contributed by atoms with Crippen molar-refractivity contribution in [3.63, 3.8) is 0 Å².